The molecule has 27 heteroatoms. The summed E-state index contributed by atoms with van der Waals surface area (Å²) < 4.78 is 38.8. The second-order valence-electron chi connectivity index (χ2n) is 15.2. The number of rotatable bonds is 4. The van der Waals surface area contributed by atoms with Crippen molar-refractivity contribution in [3.8, 4) is 80.1 Å². The molecule has 4 heterocycles. The highest BCUT2D eigenvalue weighted by Gasteiger charge is 2.58. The van der Waals surface area contributed by atoms with Gasteiger partial charge in [0.25, 0.3) is 0 Å². The Morgan fingerprint density at radius 1 is 0.588 bits per heavy atom. The van der Waals surface area contributed by atoms with E-state index in [0.29, 0.717) is 30.3 Å². The molecule has 4 aliphatic rings. The number of hydrogen-bond donors (Lipinski definition) is 13. The van der Waals surface area contributed by atoms with Crippen LogP contribution in [-0.4, -0.2) is 152 Å². The van der Waals surface area contributed by atoms with Gasteiger partial charge in [-0.1, -0.05) is 0 Å². The fourth-order valence-electron chi connectivity index (χ4n) is 8.04. The molecule has 4 aromatic carbocycles. The molecule has 3 unspecified atom stereocenters. The molecule has 1 saturated heterocycles. The van der Waals surface area contributed by atoms with Gasteiger partial charge in [-0.15, -0.1) is 0 Å². The van der Waals surface area contributed by atoms with Gasteiger partial charge in [0, 0.05) is 22.6 Å². The van der Waals surface area contributed by atoms with Gasteiger partial charge in [0.2, 0.25) is 29.6 Å². The van der Waals surface area contributed by atoms with E-state index in [4.69, 9.17) is 33.2 Å². The van der Waals surface area contributed by atoms with E-state index in [1.165, 1.54) is 0 Å². The molecule has 356 valence electrons. The number of ether oxygens (including phenoxy) is 7. The Balaban J connectivity index is 1.39. The van der Waals surface area contributed by atoms with Crippen molar-refractivity contribution >= 4 is 41.8 Å². The summed E-state index contributed by atoms with van der Waals surface area (Å²) in [4.78, 5) is 96.8. The third-order valence-electron chi connectivity index (χ3n) is 11.2. The molecule has 0 radical (unpaired) electrons. The van der Waals surface area contributed by atoms with Gasteiger partial charge in [-0.05, 0) is 30.3 Å². The number of phenols is 11. The zero-order valence-corrected chi connectivity index (χ0v) is 33.4. The lowest BCUT2D eigenvalue weighted by Crippen LogP contribution is -2.63. The number of aromatic hydroxyl groups is 11. The first kappa shape index (κ1) is 45.5. The third kappa shape index (κ3) is 7.31. The van der Waals surface area contributed by atoms with Gasteiger partial charge in [-0.3, -0.25) is 9.59 Å². The Hall–Kier alpha value is -9.11. The zero-order chi connectivity index (χ0) is 49.5. The highest BCUT2D eigenvalue weighted by Crippen LogP contribution is 2.54. The Morgan fingerprint density at radius 2 is 1.10 bits per heavy atom. The first-order chi connectivity index (χ1) is 32.0. The summed E-state index contributed by atoms with van der Waals surface area (Å²) >= 11 is 0. The van der Waals surface area contributed by atoms with Crippen LogP contribution in [0.25, 0.3) is 11.1 Å². The van der Waals surface area contributed by atoms with E-state index in [-0.39, 0.29) is 0 Å². The average molecular weight is 955 g/mol. The molecule has 0 aliphatic carbocycles. The van der Waals surface area contributed by atoms with Crippen molar-refractivity contribution in [1.29, 1.82) is 0 Å². The lowest BCUT2D eigenvalue weighted by Gasteiger charge is -2.44. The van der Waals surface area contributed by atoms with Gasteiger partial charge >= 0.3 is 41.8 Å². The van der Waals surface area contributed by atoms with Crippen LogP contribution in [0.1, 0.15) is 59.3 Å². The van der Waals surface area contributed by atoms with Crippen molar-refractivity contribution in [2.24, 2.45) is 5.92 Å². The second-order valence-corrected chi connectivity index (χ2v) is 15.2. The lowest BCUT2D eigenvalue weighted by atomic mass is 9.76. The Kier molecular flexibility index (Phi) is 11.0. The minimum absolute atomic E-state index is 0.361. The monoisotopic (exact) mass is 954 g/mol. The average Bonchev–Trinajstić information content (AvgIpc) is 3.28. The van der Waals surface area contributed by atoms with Crippen molar-refractivity contribution in [2.45, 2.75) is 49.1 Å². The van der Waals surface area contributed by atoms with Crippen LogP contribution in [0, 0.1) is 5.92 Å². The fourth-order valence-corrected chi connectivity index (χ4v) is 8.04. The van der Waals surface area contributed by atoms with E-state index in [9.17, 15) is 99.9 Å². The van der Waals surface area contributed by atoms with Gasteiger partial charge in [0.05, 0.1) is 34.6 Å². The Labute approximate surface area is 374 Å². The first-order valence-electron chi connectivity index (χ1n) is 19.2. The molecule has 0 saturated carbocycles. The molecule has 1 fully saturated rings. The molecule has 4 aliphatic heterocycles. The second kappa shape index (κ2) is 16.4. The number of cyclic esters (lactones) is 1. The maximum Gasteiger partial charge on any atom is 0.341 e. The highest BCUT2D eigenvalue weighted by atomic mass is 16.7. The molecule has 4 bridgehead atoms. The normalized spacial score (nSPS) is 24.3. The van der Waals surface area contributed by atoms with Crippen LogP contribution in [0.3, 0.4) is 0 Å². The van der Waals surface area contributed by atoms with E-state index < -0.39 is 211 Å². The van der Waals surface area contributed by atoms with Crippen LogP contribution in [0.2, 0.25) is 0 Å². The lowest BCUT2D eigenvalue weighted by molar-refractivity contribution is -0.287. The summed E-state index contributed by atoms with van der Waals surface area (Å²) in [5, 5.41) is 137. The van der Waals surface area contributed by atoms with E-state index in [1.54, 1.807) is 0 Å². The molecule has 0 amide bonds. The van der Waals surface area contributed by atoms with Gasteiger partial charge in [0.15, 0.2) is 70.1 Å². The summed E-state index contributed by atoms with van der Waals surface area (Å²) in [6, 6.07) is 2.36. The molecule has 27 nitrogen and oxygen atoms in total. The van der Waals surface area contributed by atoms with Crippen LogP contribution >= 0.6 is 0 Å². The molecule has 4 aromatic rings. The smallest absolute Gasteiger partial charge is 0.341 e. The van der Waals surface area contributed by atoms with Gasteiger partial charge < -0.3 is 99.5 Å². The zero-order valence-electron chi connectivity index (χ0n) is 33.4. The number of aliphatic carboxylic acids is 1. The quantitative estimate of drug-likeness (QED) is 0.0554. The van der Waals surface area contributed by atoms with Crippen LogP contribution in [0.5, 0.6) is 69.0 Å². The molecular formula is C41H30O27. The fraction of sp³-hybridized carbons (Fsp3) is 0.244. The minimum atomic E-state index is -2.58. The summed E-state index contributed by atoms with van der Waals surface area (Å²) in [6.07, 6.45) is -16.3. The van der Waals surface area contributed by atoms with Crippen LogP contribution in [0.15, 0.2) is 30.3 Å². The first-order valence-corrected chi connectivity index (χ1v) is 19.2. The molecule has 68 heavy (non-hydrogen) atoms. The molecule has 0 spiro atoms. The van der Waals surface area contributed by atoms with Crippen molar-refractivity contribution in [3.05, 3.63) is 58.1 Å². The summed E-state index contributed by atoms with van der Waals surface area (Å²) in [6.45, 7) is -1.31. The number of aliphatic hydroxyl groups is 1. The van der Waals surface area contributed by atoms with E-state index in [1.807, 2.05) is 0 Å². The van der Waals surface area contributed by atoms with E-state index in [2.05, 4.69) is 0 Å². The van der Waals surface area contributed by atoms with Crippen molar-refractivity contribution in [1.82, 2.24) is 0 Å². The number of aliphatic hydroxyl groups excluding tert-OH is 1. The molecule has 8 atom stereocenters. The van der Waals surface area contributed by atoms with Crippen molar-refractivity contribution in [2.75, 3.05) is 6.61 Å². The maximum absolute atomic E-state index is 14.6. The number of esters is 6. The van der Waals surface area contributed by atoms with Crippen LogP contribution in [0.4, 0.5) is 0 Å². The van der Waals surface area contributed by atoms with Gasteiger partial charge in [-0.2, -0.15) is 0 Å². The molecule has 0 aromatic heterocycles. The molecule has 13 N–H and O–H groups in total. The number of carbonyl (C=O) groups is 7. The van der Waals surface area contributed by atoms with Crippen molar-refractivity contribution in [3.63, 3.8) is 0 Å². The van der Waals surface area contributed by atoms with E-state index in [0.717, 1.165) is 0 Å². The molecule has 8 rings (SSSR count). The summed E-state index contributed by atoms with van der Waals surface area (Å²) in [7, 11) is 0. The summed E-state index contributed by atoms with van der Waals surface area (Å²) in [5.41, 5.74) is -7.08. The standard InChI is InChI=1S/C41H30O27/c42-13-1-8(2-14(43)24(13)49)35(56)68-41-34-33-31(64-39(60)12(6-19(47)48)22-23-11(38(59)67-34)5-17(46)27(52)32(23)65-40(61)30(22)55)18(63-41)7-62-36(57)9-3-15(44)25(50)28(53)20(9)21-10(37(58)66-33)4-16(45)26(51)29(21)54/h1-5,12,18,22,30-31,33-34,41-46,49-55H,6-7H2,(H,47,48)/t12-,18?,22-,30-,31?,33?,34+,41-/m0/s1. The van der Waals surface area contributed by atoms with E-state index >= 15 is 0 Å². The highest BCUT2D eigenvalue weighted by molar-refractivity contribution is 6.08. The minimum Gasteiger partial charge on any atom is -0.504 e. The topological polar surface area (TPSA) is 447 Å². The molecular weight excluding hydrogens is 924 g/mol. The number of hydrogen-bond acceptors (Lipinski definition) is 26. The summed E-state index contributed by atoms with van der Waals surface area (Å²) in [5.74, 6) is -32.0. The predicted molar refractivity (Wildman–Crippen MR) is 206 cm³/mol. The number of carboxylic acids is 1. The number of fused-ring (bicyclic) bond motifs is 3. The predicted octanol–water partition coefficient (Wildman–Crippen LogP) is -0.00170. The maximum atomic E-state index is 14.6. The Bertz CT molecular complexity index is 2900. The van der Waals surface area contributed by atoms with Crippen LogP contribution in [-0.2, 0) is 42.8 Å². The number of carbonyl (C=O) groups excluding carboxylic acids is 6. The van der Waals surface area contributed by atoms with Crippen LogP contribution < -0.4 is 4.74 Å². The third-order valence-corrected chi connectivity index (χ3v) is 11.2. The number of carboxylic acid groups (broad SMARTS) is 1. The SMILES string of the molecule is O=C(O)C[C@@H]1C(=O)OC2C3COC(=O)c4cc(O)c(O)c(O)c4-c4c(cc(O)c(O)c4O)C(=O)OC2[C@@H](OC(=O)c2cc(O)c(O)c4c2[C@H]1[C@H](O)C(=O)O4)[C@H](OC(=O)c1cc(O)c(O)c(O)c1)O3. The van der Waals surface area contributed by atoms with Gasteiger partial charge in [0.1, 0.15) is 12.7 Å². The number of benzene rings is 4. The van der Waals surface area contributed by atoms with Gasteiger partial charge in [-0.25, -0.2) is 24.0 Å². The Morgan fingerprint density at radius 3 is 1.69 bits per heavy atom. The number of phenolic OH excluding ortho intramolecular Hbond substituents is 11. The largest absolute Gasteiger partial charge is 0.504 e. The van der Waals surface area contributed by atoms with Crippen molar-refractivity contribution < 1.29 is 133 Å².